The molecule has 5 heteroatoms. The molecule has 17 heavy (non-hydrogen) atoms. The van der Waals surface area contributed by atoms with E-state index in [1.54, 1.807) is 10.6 Å². The van der Waals surface area contributed by atoms with Gasteiger partial charge < -0.3 is 0 Å². The highest BCUT2D eigenvalue weighted by atomic mass is 35.5. The van der Waals surface area contributed by atoms with Crippen molar-refractivity contribution in [3.63, 3.8) is 0 Å². The van der Waals surface area contributed by atoms with Gasteiger partial charge in [0.2, 0.25) is 0 Å². The molecule has 0 fully saturated rings. The summed E-state index contributed by atoms with van der Waals surface area (Å²) in [5.41, 5.74) is 1.52. The summed E-state index contributed by atoms with van der Waals surface area (Å²) >= 11 is 12.0. The normalized spacial score (nSPS) is 10.9. The number of halogens is 2. The highest BCUT2D eigenvalue weighted by Crippen LogP contribution is 2.22. The number of pyridine rings is 1. The van der Waals surface area contributed by atoms with E-state index in [2.05, 4.69) is 10.1 Å². The van der Waals surface area contributed by atoms with Crippen LogP contribution in [0.15, 0.2) is 42.6 Å². The second-order valence-corrected chi connectivity index (χ2v) is 4.41. The van der Waals surface area contributed by atoms with Crippen LogP contribution in [0.1, 0.15) is 0 Å². The van der Waals surface area contributed by atoms with E-state index in [4.69, 9.17) is 23.2 Å². The van der Waals surface area contributed by atoms with E-state index in [1.165, 1.54) is 0 Å². The Morgan fingerprint density at radius 3 is 2.71 bits per heavy atom. The monoisotopic (exact) mass is 263 g/mol. The predicted molar refractivity (Wildman–Crippen MR) is 68.4 cm³/mol. The number of nitrogens with zero attached hydrogens (tertiary/aromatic N) is 3. The third kappa shape index (κ3) is 1.88. The van der Waals surface area contributed by atoms with E-state index in [9.17, 15) is 0 Å². The maximum atomic E-state index is 6.04. The Morgan fingerprint density at radius 2 is 1.94 bits per heavy atom. The highest BCUT2D eigenvalue weighted by molar-refractivity contribution is 6.33. The zero-order valence-corrected chi connectivity index (χ0v) is 10.2. The highest BCUT2D eigenvalue weighted by Gasteiger charge is 2.08. The molecule has 0 spiro atoms. The summed E-state index contributed by atoms with van der Waals surface area (Å²) in [6.45, 7) is 0. The van der Waals surface area contributed by atoms with Gasteiger partial charge >= 0.3 is 0 Å². The molecule has 2 aromatic heterocycles. The van der Waals surface area contributed by atoms with Gasteiger partial charge in [-0.1, -0.05) is 35.3 Å². The third-order valence-corrected chi connectivity index (χ3v) is 2.93. The minimum atomic E-state index is 0.577. The molecular formula is C12H7Cl2N3. The van der Waals surface area contributed by atoms with Gasteiger partial charge in [-0.25, -0.2) is 9.50 Å². The van der Waals surface area contributed by atoms with Gasteiger partial charge in [-0.2, -0.15) is 0 Å². The van der Waals surface area contributed by atoms with Crippen molar-refractivity contribution in [1.82, 2.24) is 14.6 Å². The van der Waals surface area contributed by atoms with E-state index in [1.807, 2.05) is 36.5 Å². The van der Waals surface area contributed by atoms with E-state index in [0.717, 1.165) is 5.56 Å². The maximum absolute atomic E-state index is 6.04. The average Bonchev–Trinajstić information content (AvgIpc) is 2.74. The van der Waals surface area contributed by atoms with Crippen molar-refractivity contribution in [3.8, 4) is 11.4 Å². The molecule has 0 bridgehead atoms. The summed E-state index contributed by atoms with van der Waals surface area (Å²) in [6, 6.07) is 11.0. The number of benzene rings is 1. The fraction of sp³-hybridized carbons (Fsp3) is 0. The van der Waals surface area contributed by atoms with Crippen LogP contribution in [-0.4, -0.2) is 14.6 Å². The van der Waals surface area contributed by atoms with Crippen molar-refractivity contribution in [2.45, 2.75) is 0 Å². The molecule has 3 nitrogen and oxygen atoms in total. The van der Waals surface area contributed by atoms with Crippen molar-refractivity contribution in [2.24, 2.45) is 0 Å². The third-order valence-electron chi connectivity index (χ3n) is 2.40. The van der Waals surface area contributed by atoms with E-state index in [0.29, 0.717) is 21.5 Å². The van der Waals surface area contributed by atoms with Crippen molar-refractivity contribution in [1.29, 1.82) is 0 Å². The van der Waals surface area contributed by atoms with Crippen LogP contribution in [0.4, 0.5) is 0 Å². The summed E-state index contributed by atoms with van der Waals surface area (Å²) in [6.07, 6.45) is 1.81. The summed E-state index contributed by atoms with van der Waals surface area (Å²) in [7, 11) is 0. The lowest BCUT2D eigenvalue weighted by molar-refractivity contribution is 0.966. The Kier molecular flexibility index (Phi) is 2.50. The van der Waals surface area contributed by atoms with Gasteiger partial charge in [-0.3, -0.25) is 0 Å². The standard InChI is InChI=1S/C12H7Cl2N3/c13-9-4-1-3-8(7-9)11-15-12-10(14)5-2-6-17(12)16-11/h1-7H. The summed E-state index contributed by atoms with van der Waals surface area (Å²) < 4.78 is 1.65. The van der Waals surface area contributed by atoms with E-state index >= 15 is 0 Å². The van der Waals surface area contributed by atoms with Crippen molar-refractivity contribution >= 4 is 28.8 Å². The SMILES string of the molecule is Clc1cccc(-c2nc3c(Cl)cccn3n2)c1. The Labute approximate surface area is 108 Å². The topological polar surface area (TPSA) is 30.2 Å². The minimum Gasteiger partial charge on any atom is -0.219 e. The Bertz CT molecular complexity index is 691. The smallest absolute Gasteiger partial charge is 0.182 e. The molecule has 0 unspecified atom stereocenters. The predicted octanol–water partition coefficient (Wildman–Crippen LogP) is 3.70. The second kappa shape index (κ2) is 4.02. The first kappa shape index (κ1) is 10.6. The van der Waals surface area contributed by atoms with Gasteiger partial charge in [0, 0.05) is 16.8 Å². The molecule has 84 valence electrons. The first-order valence-electron chi connectivity index (χ1n) is 5.01. The zero-order chi connectivity index (χ0) is 11.8. The van der Waals surface area contributed by atoms with Crippen LogP contribution in [0.3, 0.4) is 0 Å². The number of hydrogen-bond acceptors (Lipinski definition) is 2. The first-order chi connectivity index (χ1) is 8.24. The summed E-state index contributed by atoms with van der Waals surface area (Å²) in [5, 5.41) is 5.58. The maximum Gasteiger partial charge on any atom is 0.182 e. The van der Waals surface area contributed by atoms with Gasteiger partial charge in [0.1, 0.15) is 0 Å². The Hall–Kier alpha value is -1.58. The number of fused-ring (bicyclic) bond motifs is 1. The quantitative estimate of drug-likeness (QED) is 0.670. The van der Waals surface area contributed by atoms with Crippen molar-refractivity contribution in [2.75, 3.05) is 0 Å². The molecule has 2 heterocycles. The molecule has 0 aliphatic carbocycles. The van der Waals surface area contributed by atoms with Crippen molar-refractivity contribution < 1.29 is 0 Å². The molecule has 0 saturated heterocycles. The van der Waals surface area contributed by atoms with E-state index < -0.39 is 0 Å². The minimum absolute atomic E-state index is 0.577. The average molecular weight is 264 g/mol. The summed E-state index contributed by atoms with van der Waals surface area (Å²) in [5.74, 6) is 0.612. The number of rotatable bonds is 1. The van der Waals surface area contributed by atoms with Crippen LogP contribution in [0.5, 0.6) is 0 Å². The van der Waals surface area contributed by atoms with Crippen LogP contribution in [-0.2, 0) is 0 Å². The molecule has 3 aromatic rings. The zero-order valence-electron chi connectivity index (χ0n) is 8.64. The van der Waals surface area contributed by atoms with Gasteiger partial charge in [0.15, 0.2) is 11.5 Å². The lowest BCUT2D eigenvalue weighted by atomic mass is 10.2. The molecule has 0 saturated carbocycles. The fourth-order valence-electron chi connectivity index (χ4n) is 1.62. The lowest BCUT2D eigenvalue weighted by Gasteiger charge is -1.94. The number of hydrogen-bond donors (Lipinski definition) is 0. The molecule has 0 N–H and O–H groups in total. The van der Waals surface area contributed by atoms with Crippen LogP contribution in [0, 0.1) is 0 Å². The first-order valence-corrected chi connectivity index (χ1v) is 5.76. The fourth-order valence-corrected chi connectivity index (χ4v) is 2.02. The van der Waals surface area contributed by atoms with Gasteiger partial charge in [0.05, 0.1) is 5.02 Å². The van der Waals surface area contributed by atoms with Crippen LogP contribution >= 0.6 is 23.2 Å². The van der Waals surface area contributed by atoms with E-state index in [-0.39, 0.29) is 0 Å². The van der Waals surface area contributed by atoms with Crippen LogP contribution < -0.4 is 0 Å². The lowest BCUT2D eigenvalue weighted by Crippen LogP contribution is -1.85. The Morgan fingerprint density at radius 1 is 1.06 bits per heavy atom. The molecule has 0 aliphatic heterocycles. The Balaban J connectivity index is 2.22. The van der Waals surface area contributed by atoms with Gasteiger partial charge in [-0.05, 0) is 24.3 Å². The van der Waals surface area contributed by atoms with Crippen LogP contribution in [0.2, 0.25) is 10.0 Å². The second-order valence-electron chi connectivity index (χ2n) is 3.57. The molecular weight excluding hydrogens is 257 g/mol. The van der Waals surface area contributed by atoms with Crippen LogP contribution in [0.25, 0.3) is 17.0 Å². The molecule has 0 aliphatic rings. The largest absolute Gasteiger partial charge is 0.219 e. The summed E-state index contributed by atoms with van der Waals surface area (Å²) in [4.78, 5) is 4.38. The molecule has 0 radical (unpaired) electrons. The molecule has 3 rings (SSSR count). The van der Waals surface area contributed by atoms with Gasteiger partial charge in [-0.15, -0.1) is 5.10 Å². The number of aromatic nitrogens is 3. The van der Waals surface area contributed by atoms with Gasteiger partial charge in [0.25, 0.3) is 0 Å². The molecule has 1 aromatic carbocycles. The molecule has 0 amide bonds. The molecule has 0 atom stereocenters. The van der Waals surface area contributed by atoms with Crippen molar-refractivity contribution in [3.05, 3.63) is 52.6 Å².